The molecule has 3 N–H and O–H groups in total. The zero-order valence-electron chi connectivity index (χ0n) is 15.0. The summed E-state index contributed by atoms with van der Waals surface area (Å²) >= 11 is 3.41. The molecule has 0 radical (unpaired) electrons. The lowest BCUT2D eigenvalue weighted by Crippen LogP contribution is -2.34. The van der Waals surface area contributed by atoms with Gasteiger partial charge < -0.3 is 5.73 Å². The maximum atomic E-state index is 11.2. The molecule has 0 fully saturated rings. The van der Waals surface area contributed by atoms with Crippen molar-refractivity contribution in [3.8, 4) is 0 Å². The average molecular weight is 397 g/mol. The highest BCUT2D eigenvalue weighted by Gasteiger charge is 2.20. The van der Waals surface area contributed by atoms with Gasteiger partial charge in [0, 0.05) is 25.1 Å². The van der Waals surface area contributed by atoms with Gasteiger partial charge in [0.25, 0.3) is 0 Å². The zero-order chi connectivity index (χ0) is 19.1. The molecule has 27 heavy (non-hydrogen) atoms. The van der Waals surface area contributed by atoms with E-state index in [2.05, 4.69) is 55.5 Å². The fraction of sp³-hybridized carbons (Fsp3) is 0.190. The molecule has 4 nitrogen and oxygen atoms in total. The van der Waals surface area contributed by atoms with Gasteiger partial charge in [0.15, 0.2) is 0 Å². The van der Waals surface area contributed by atoms with Gasteiger partial charge in [-0.05, 0) is 47.5 Å². The number of rotatable bonds is 4. The number of urea groups is 1. The Morgan fingerprint density at radius 3 is 2.37 bits per heavy atom. The van der Waals surface area contributed by atoms with E-state index < -0.39 is 12.1 Å². The van der Waals surface area contributed by atoms with Gasteiger partial charge in [-0.25, -0.2) is 4.79 Å². The Morgan fingerprint density at radius 2 is 1.63 bits per heavy atom. The van der Waals surface area contributed by atoms with Crippen LogP contribution in [-0.4, -0.2) is 16.3 Å². The fourth-order valence-corrected chi connectivity index (χ4v) is 5.53. The third-order valence-electron chi connectivity index (χ3n) is 4.94. The summed E-state index contributed by atoms with van der Waals surface area (Å²) < 4.78 is 2.45. The number of hydroxylamine groups is 2. The van der Waals surface area contributed by atoms with Gasteiger partial charge in [0.1, 0.15) is 0 Å². The van der Waals surface area contributed by atoms with Gasteiger partial charge in [0.2, 0.25) is 0 Å². The zero-order valence-corrected chi connectivity index (χ0v) is 16.7. The summed E-state index contributed by atoms with van der Waals surface area (Å²) in [6.07, 6.45) is 0. The third kappa shape index (κ3) is 3.32. The first-order valence-corrected chi connectivity index (χ1v) is 10.4. The fourth-order valence-electron chi connectivity index (χ4n) is 3.23. The summed E-state index contributed by atoms with van der Waals surface area (Å²) in [5.74, 6) is 0.301. The molecule has 0 aliphatic heterocycles. The van der Waals surface area contributed by atoms with Crippen LogP contribution in [0.25, 0.3) is 20.2 Å². The Kier molecular flexibility index (Phi) is 4.63. The molecule has 0 bridgehead atoms. The van der Waals surface area contributed by atoms with Crippen molar-refractivity contribution in [3.05, 3.63) is 69.9 Å². The van der Waals surface area contributed by atoms with Crippen LogP contribution in [0.3, 0.4) is 0 Å². The van der Waals surface area contributed by atoms with E-state index in [-0.39, 0.29) is 0 Å². The van der Waals surface area contributed by atoms with Crippen LogP contribution in [-0.2, 0) is 0 Å². The minimum Gasteiger partial charge on any atom is -0.350 e. The number of primary amides is 1. The number of fused-ring (bicyclic) bond motifs is 2. The highest BCUT2D eigenvalue weighted by molar-refractivity contribution is 7.19. The number of nitrogens with zero attached hydrogens (tertiary/aromatic N) is 1. The molecule has 0 aliphatic rings. The van der Waals surface area contributed by atoms with E-state index in [4.69, 9.17) is 5.73 Å². The Hall–Kier alpha value is -2.41. The van der Waals surface area contributed by atoms with E-state index in [9.17, 15) is 10.0 Å². The smallest absolute Gasteiger partial charge is 0.339 e. The van der Waals surface area contributed by atoms with E-state index in [1.54, 1.807) is 18.3 Å². The summed E-state index contributed by atoms with van der Waals surface area (Å²) in [6, 6.07) is 17.9. The lowest BCUT2D eigenvalue weighted by Gasteiger charge is -2.18. The predicted octanol–water partition coefficient (Wildman–Crippen LogP) is 6.10. The number of carbonyl (C=O) groups is 1. The molecule has 2 aromatic heterocycles. The number of thiophene rings is 2. The first kappa shape index (κ1) is 18.0. The first-order valence-electron chi connectivity index (χ1n) is 8.73. The van der Waals surface area contributed by atoms with Crippen molar-refractivity contribution >= 4 is 48.9 Å². The van der Waals surface area contributed by atoms with Crippen molar-refractivity contribution in [1.82, 2.24) is 5.06 Å². The summed E-state index contributed by atoms with van der Waals surface area (Å²) in [5, 5.41) is 12.8. The van der Waals surface area contributed by atoms with Gasteiger partial charge in [-0.1, -0.05) is 37.3 Å². The molecule has 0 saturated carbocycles. The molecule has 4 rings (SSSR count). The van der Waals surface area contributed by atoms with Crippen molar-refractivity contribution in [3.63, 3.8) is 0 Å². The Balaban J connectivity index is 1.67. The van der Waals surface area contributed by atoms with Crippen molar-refractivity contribution < 1.29 is 10.0 Å². The Labute approximate surface area is 165 Å². The molecule has 2 amide bonds. The SMILES string of the molecule is C[C@@H](c1ccc2cc([C@@H](C)N(O)C(N)=O)sc2c1)c1cc2ccccc2s1. The Bertz CT molecular complexity index is 1100. The van der Waals surface area contributed by atoms with E-state index in [0.29, 0.717) is 11.0 Å². The van der Waals surface area contributed by atoms with E-state index in [1.807, 2.05) is 17.4 Å². The van der Waals surface area contributed by atoms with E-state index >= 15 is 0 Å². The number of hydrogen-bond donors (Lipinski definition) is 2. The minimum atomic E-state index is -0.848. The maximum Gasteiger partial charge on any atom is 0.339 e. The van der Waals surface area contributed by atoms with Crippen LogP contribution in [0.2, 0.25) is 0 Å². The normalized spacial score (nSPS) is 13.7. The number of amides is 2. The van der Waals surface area contributed by atoms with Crippen LogP contribution in [0.15, 0.2) is 54.6 Å². The summed E-state index contributed by atoms with van der Waals surface area (Å²) in [6.45, 7) is 3.99. The van der Waals surface area contributed by atoms with E-state index in [1.165, 1.54) is 20.5 Å². The molecule has 0 unspecified atom stereocenters. The molecular weight excluding hydrogens is 376 g/mol. The van der Waals surface area contributed by atoms with Crippen molar-refractivity contribution in [2.75, 3.05) is 0 Å². The molecule has 2 heterocycles. The molecular formula is C21H20N2O2S2. The predicted molar refractivity (Wildman–Crippen MR) is 113 cm³/mol. The standard InChI is InChI=1S/C21H20N2O2S2/c1-12(18-10-15-5-3-4-6-17(15)26-18)14-7-8-16-11-19(27-20(16)9-14)13(2)23(25)21(22)24/h3-13,25H,1-2H3,(H2,22,24)/t12-,13+/m0/s1. The van der Waals surface area contributed by atoms with Gasteiger partial charge in [-0.15, -0.1) is 22.7 Å². The maximum absolute atomic E-state index is 11.2. The quantitative estimate of drug-likeness (QED) is 0.323. The van der Waals surface area contributed by atoms with Crippen molar-refractivity contribution in [2.24, 2.45) is 5.73 Å². The van der Waals surface area contributed by atoms with Crippen LogP contribution in [0, 0.1) is 0 Å². The van der Waals surface area contributed by atoms with Crippen LogP contribution in [0.1, 0.15) is 41.1 Å². The number of carbonyl (C=O) groups excluding carboxylic acids is 1. The summed E-state index contributed by atoms with van der Waals surface area (Å²) in [5.41, 5.74) is 6.43. The average Bonchev–Trinajstić information content (AvgIpc) is 3.29. The van der Waals surface area contributed by atoms with Gasteiger partial charge in [-0.2, -0.15) is 5.06 Å². The van der Waals surface area contributed by atoms with Crippen molar-refractivity contribution in [2.45, 2.75) is 25.8 Å². The van der Waals surface area contributed by atoms with Crippen LogP contribution < -0.4 is 5.73 Å². The molecule has 0 spiro atoms. The molecule has 4 aromatic rings. The molecule has 2 aromatic carbocycles. The van der Waals surface area contributed by atoms with E-state index in [0.717, 1.165) is 15.0 Å². The minimum absolute atomic E-state index is 0.301. The second-order valence-electron chi connectivity index (χ2n) is 6.71. The summed E-state index contributed by atoms with van der Waals surface area (Å²) in [7, 11) is 0. The lowest BCUT2D eigenvalue weighted by molar-refractivity contribution is -0.0700. The molecule has 6 heteroatoms. The second-order valence-corrected chi connectivity index (χ2v) is 8.94. The molecule has 2 atom stereocenters. The van der Waals surface area contributed by atoms with Crippen LogP contribution >= 0.6 is 22.7 Å². The monoisotopic (exact) mass is 396 g/mol. The molecule has 138 valence electrons. The van der Waals surface area contributed by atoms with Crippen LogP contribution in [0.5, 0.6) is 0 Å². The number of nitrogens with two attached hydrogens (primary N) is 1. The number of benzene rings is 2. The first-order chi connectivity index (χ1) is 12.9. The molecule has 0 saturated heterocycles. The second kappa shape index (κ2) is 6.96. The van der Waals surface area contributed by atoms with Crippen LogP contribution in [0.4, 0.5) is 4.79 Å². The molecule has 0 aliphatic carbocycles. The van der Waals surface area contributed by atoms with Crippen molar-refractivity contribution in [1.29, 1.82) is 0 Å². The topological polar surface area (TPSA) is 66.6 Å². The highest BCUT2D eigenvalue weighted by atomic mass is 32.1. The third-order valence-corrected chi connectivity index (χ3v) is 7.51. The van der Waals surface area contributed by atoms with Gasteiger partial charge in [0.05, 0.1) is 6.04 Å². The highest BCUT2D eigenvalue weighted by Crippen LogP contribution is 2.38. The lowest BCUT2D eigenvalue weighted by atomic mass is 9.98. The Morgan fingerprint density at radius 1 is 0.963 bits per heavy atom. The largest absolute Gasteiger partial charge is 0.350 e. The number of hydrogen-bond acceptors (Lipinski definition) is 4. The van der Waals surface area contributed by atoms with Gasteiger partial charge in [-0.3, -0.25) is 5.21 Å². The van der Waals surface area contributed by atoms with Gasteiger partial charge >= 0.3 is 6.03 Å². The summed E-state index contributed by atoms with van der Waals surface area (Å²) in [4.78, 5) is 13.5.